The van der Waals surface area contributed by atoms with E-state index in [9.17, 15) is 24.0 Å². The topological polar surface area (TPSA) is 153 Å². The van der Waals surface area contributed by atoms with Gasteiger partial charge in [0, 0.05) is 43.5 Å². The average molecular weight is 703 g/mol. The molecule has 3 aliphatic rings. The second kappa shape index (κ2) is 16.1. The number of hydrogen-bond donors (Lipinski definition) is 2. The molecule has 1 aromatic carbocycles. The van der Waals surface area contributed by atoms with Crippen molar-refractivity contribution in [3.05, 3.63) is 59.7 Å². The maximum Gasteiger partial charge on any atom is 0.410 e. The minimum absolute atomic E-state index is 0.0441. The number of fused-ring (bicyclic) bond motifs is 1. The van der Waals surface area contributed by atoms with Crippen LogP contribution in [0.1, 0.15) is 64.5 Å². The number of carbonyl (C=O) groups is 5. The molecule has 2 heterocycles. The van der Waals surface area contributed by atoms with E-state index < -0.39 is 59.3 Å². The van der Waals surface area contributed by atoms with E-state index >= 15 is 0 Å². The summed E-state index contributed by atoms with van der Waals surface area (Å²) in [5.41, 5.74) is -0.410. The summed E-state index contributed by atoms with van der Waals surface area (Å²) in [6.45, 7) is 15.2. The van der Waals surface area contributed by atoms with E-state index in [0.29, 0.717) is 31.0 Å². The van der Waals surface area contributed by atoms with Gasteiger partial charge in [-0.05, 0) is 57.7 Å². The maximum atomic E-state index is 14.2. The van der Waals surface area contributed by atoms with Gasteiger partial charge in [0.2, 0.25) is 11.8 Å². The van der Waals surface area contributed by atoms with Crippen LogP contribution in [-0.4, -0.2) is 95.5 Å². The molecule has 2 aliphatic heterocycles. The lowest BCUT2D eigenvalue weighted by atomic mass is 10.1. The number of nitrogens with zero attached hydrogens (tertiary/aromatic N) is 2. The van der Waals surface area contributed by atoms with Gasteiger partial charge in [-0.2, -0.15) is 0 Å². The van der Waals surface area contributed by atoms with Crippen LogP contribution in [0.2, 0.25) is 5.02 Å². The first-order valence-electron chi connectivity index (χ1n) is 16.5. The number of amides is 4. The predicted molar refractivity (Wildman–Crippen MR) is 180 cm³/mol. The number of carbonyl (C=O) groups excluding carboxylic acids is 5. The molecule has 2 unspecified atom stereocenters. The Morgan fingerprint density at radius 1 is 1.14 bits per heavy atom. The van der Waals surface area contributed by atoms with Crippen LogP contribution in [0, 0.1) is 5.92 Å². The van der Waals surface area contributed by atoms with Gasteiger partial charge >= 0.3 is 18.2 Å². The first-order valence-corrected chi connectivity index (χ1v) is 16.9. The fourth-order valence-corrected chi connectivity index (χ4v) is 6.30. The summed E-state index contributed by atoms with van der Waals surface area (Å²) in [6.07, 6.45) is 1.89. The number of likely N-dealkylation sites (tertiary alicyclic amines) is 1. The second-order valence-corrected chi connectivity index (χ2v) is 13.8. The van der Waals surface area contributed by atoms with Gasteiger partial charge in [-0.3, -0.25) is 14.5 Å². The van der Waals surface area contributed by atoms with Crippen molar-refractivity contribution in [2.75, 3.05) is 26.4 Å². The van der Waals surface area contributed by atoms with Crippen molar-refractivity contribution in [1.29, 1.82) is 0 Å². The first kappa shape index (κ1) is 37.7. The highest BCUT2D eigenvalue weighted by molar-refractivity contribution is 6.31. The molecule has 2 fully saturated rings. The molecule has 4 rings (SSSR count). The molecule has 5 atom stereocenters. The summed E-state index contributed by atoms with van der Waals surface area (Å²) in [4.78, 5) is 70.1. The van der Waals surface area contributed by atoms with Crippen molar-refractivity contribution in [3.63, 3.8) is 0 Å². The summed E-state index contributed by atoms with van der Waals surface area (Å²) >= 11 is 6.34. The van der Waals surface area contributed by atoms with Crippen LogP contribution in [0.3, 0.4) is 0 Å². The Labute approximate surface area is 292 Å². The minimum Gasteiger partial charge on any atom is -0.464 e. The standard InChI is InChI=1S/C35H47ClN4O9/c1-7-10-15-46-16-14-27(37-32(44)49-34(4,5)6)30(42)40-20-24(48-33(45)39-19-22-12-11-13-26(36)25(22)21-39)17-28(40)29(41)38-35(18-23(35)8-2)31(43)47-9-3/h7-8,11-13,23-24,27-28H,1-2,9-10,14-21H2,3-6H3,(H,37,44)(H,38,41)/t23?,24-,27+,28+,35?/m1/s1. The second-order valence-electron chi connectivity index (χ2n) is 13.4. The molecule has 14 heteroatoms. The van der Waals surface area contributed by atoms with Crippen LogP contribution in [0.25, 0.3) is 0 Å². The number of hydrogen-bond acceptors (Lipinski definition) is 9. The Balaban J connectivity index is 1.55. The number of benzene rings is 1. The van der Waals surface area contributed by atoms with E-state index in [-0.39, 0.29) is 45.1 Å². The van der Waals surface area contributed by atoms with Gasteiger partial charge in [-0.15, -0.1) is 13.2 Å². The zero-order valence-corrected chi connectivity index (χ0v) is 29.4. The predicted octanol–water partition coefficient (Wildman–Crippen LogP) is 4.26. The molecule has 1 aromatic rings. The molecule has 0 bridgehead atoms. The van der Waals surface area contributed by atoms with E-state index in [1.165, 1.54) is 9.80 Å². The number of ether oxygens (including phenoxy) is 4. The number of alkyl carbamates (subject to hydrolysis) is 1. The number of esters is 1. The van der Waals surface area contributed by atoms with Crippen molar-refractivity contribution < 1.29 is 42.9 Å². The number of nitrogens with one attached hydrogen (secondary N) is 2. The molecule has 13 nitrogen and oxygen atoms in total. The molecule has 1 aliphatic carbocycles. The summed E-state index contributed by atoms with van der Waals surface area (Å²) in [6, 6.07) is 3.17. The SMILES string of the molecule is C=CCCOCC[C@H](NC(=O)OC(C)(C)C)C(=O)N1C[C@H](OC(=O)N2Cc3cccc(Cl)c3C2)C[C@H]1C(=O)NC1(C(=O)OCC)CC1C=C. The molecule has 49 heavy (non-hydrogen) atoms. The van der Waals surface area contributed by atoms with Gasteiger partial charge in [0.25, 0.3) is 0 Å². The fraction of sp³-hybridized carbons (Fsp3) is 0.571. The lowest BCUT2D eigenvalue weighted by Crippen LogP contribution is -2.57. The first-order chi connectivity index (χ1) is 23.2. The highest BCUT2D eigenvalue weighted by atomic mass is 35.5. The van der Waals surface area contributed by atoms with E-state index in [1.54, 1.807) is 45.9 Å². The molecule has 1 saturated heterocycles. The van der Waals surface area contributed by atoms with Crippen LogP contribution >= 0.6 is 11.6 Å². The highest BCUT2D eigenvalue weighted by Crippen LogP contribution is 2.45. The number of halogens is 1. The fourth-order valence-electron chi connectivity index (χ4n) is 6.04. The average Bonchev–Trinajstić information content (AvgIpc) is 3.34. The third kappa shape index (κ3) is 9.33. The van der Waals surface area contributed by atoms with E-state index in [1.807, 2.05) is 12.1 Å². The monoisotopic (exact) mass is 702 g/mol. The van der Waals surface area contributed by atoms with Crippen molar-refractivity contribution in [2.24, 2.45) is 5.92 Å². The lowest BCUT2D eigenvalue weighted by molar-refractivity contribution is -0.150. The third-order valence-electron chi connectivity index (χ3n) is 8.59. The lowest BCUT2D eigenvalue weighted by Gasteiger charge is -2.30. The quantitative estimate of drug-likeness (QED) is 0.125. The highest BCUT2D eigenvalue weighted by Gasteiger charge is 2.62. The van der Waals surface area contributed by atoms with Crippen LogP contribution in [0.15, 0.2) is 43.5 Å². The Hall–Kier alpha value is -4.10. The van der Waals surface area contributed by atoms with E-state index in [2.05, 4.69) is 23.8 Å². The van der Waals surface area contributed by atoms with E-state index in [4.69, 9.17) is 30.5 Å². The van der Waals surface area contributed by atoms with Crippen molar-refractivity contribution in [2.45, 2.75) is 95.8 Å². The van der Waals surface area contributed by atoms with Crippen molar-refractivity contribution >= 4 is 41.6 Å². The Morgan fingerprint density at radius 3 is 2.53 bits per heavy atom. The molecular weight excluding hydrogens is 656 g/mol. The zero-order chi connectivity index (χ0) is 35.9. The van der Waals surface area contributed by atoms with Gasteiger partial charge in [0.05, 0.1) is 19.7 Å². The van der Waals surface area contributed by atoms with E-state index in [0.717, 1.165) is 11.1 Å². The Morgan fingerprint density at radius 2 is 1.90 bits per heavy atom. The molecule has 0 radical (unpaired) electrons. The summed E-state index contributed by atoms with van der Waals surface area (Å²) in [7, 11) is 0. The maximum absolute atomic E-state index is 14.2. The van der Waals surface area contributed by atoms with Gasteiger partial charge in [-0.25, -0.2) is 14.4 Å². The molecule has 2 N–H and O–H groups in total. The number of rotatable bonds is 14. The molecule has 4 amide bonds. The summed E-state index contributed by atoms with van der Waals surface area (Å²) in [5.74, 6) is -2.17. The minimum atomic E-state index is -1.31. The smallest absolute Gasteiger partial charge is 0.410 e. The van der Waals surface area contributed by atoms with Crippen molar-refractivity contribution in [1.82, 2.24) is 20.4 Å². The molecule has 0 spiro atoms. The van der Waals surface area contributed by atoms with Gasteiger partial charge in [0.1, 0.15) is 29.3 Å². The summed E-state index contributed by atoms with van der Waals surface area (Å²) in [5, 5.41) is 5.99. The summed E-state index contributed by atoms with van der Waals surface area (Å²) < 4.78 is 22.2. The molecule has 1 saturated carbocycles. The Bertz CT molecular complexity index is 1450. The Kier molecular flexibility index (Phi) is 12.4. The van der Waals surface area contributed by atoms with Gasteiger partial charge in [-0.1, -0.05) is 35.9 Å². The van der Waals surface area contributed by atoms with Crippen LogP contribution < -0.4 is 10.6 Å². The third-order valence-corrected chi connectivity index (χ3v) is 8.95. The van der Waals surface area contributed by atoms with Crippen LogP contribution in [-0.2, 0) is 46.4 Å². The largest absolute Gasteiger partial charge is 0.464 e. The molecule has 268 valence electrons. The van der Waals surface area contributed by atoms with Crippen molar-refractivity contribution in [3.8, 4) is 0 Å². The molecular formula is C35H47ClN4O9. The van der Waals surface area contributed by atoms with Gasteiger partial charge in [0.15, 0.2) is 0 Å². The zero-order valence-electron chi connectivity index (χ0n) is 28.6. The van der Waals surface area contributed by atoms with Crippen LogP contribution in [0.5, 0.6) is 0 Å². The van der Waals surface area contributed by atoms with Crippen LogP contribution in [0.4, 0.5) is 9.59 Å². The molecule has 0 aromatic heterocycles. The van der Waals surface area contributed by atoms with Gasteiger partial charge < -0.3 is 34.5 Å². The normalized spacial score (nSPS) is 23.2.